The van der Waals surface area contributed by atoms with Crippen LogP contribution in [0.2, 0.25) is 0 Å². The minimum atomic E-state index is -1.10. The predicted octanol–water partition coefficient (Wildman–Crippen LogP) is -0.506. The Morgan fingerprint density at radius 1 is 1.24 bits per heavy atom. The van der Waals surface area contributed by atoms with E-state index in [1.165, 1.54) is 0 Å². The molecule has 7 heteroatoms. The Morgan fingerprint density at radius 2 is 1.76 bits per heavy atom. The number of carboxylic acid groups (broad SMARTS) is 1. The van der Waals surface area contributed by atoms with Gasteiger partial charge in [-0.15, -0.1) is 0 Å². The number of ether oxygens (including phenoxy) is 1. The van der Waals surface area contributed by atoms with Gasteiger partial charge in [-0.3, -0.25) is 4.79 Å². The molecule has 17 heavy (non-hydrogen) atoms. The van der Waals surface area contributed by atoms with Gasteiger partial charge >= 0.3 is 5.97 Å². The quantitative estimate of drug-likeness (QED) is 0.659. The van der Waals surface area contributed by atoms with Gasteiger partial charge in [0.1, 0.15) is 19.2 Å². The van der Waals surface area contributed by atoms with Crippen LogP contribution in [0.5, 0.6) is 0 Å². The van der Waals surface area contributed by atoms with Crippen molar-refractivity contribution in [3.63, 3.8) is 0 Å². The summed E-state index contributed by atoms with van der Waals surface area (Å²) in [5, 5.41) is 25.7. The van der Waals surface area contributed by atoms with Crippen molar-refractivity contribution < 1.29 is 19.4 Å². The zero-order valence-corrected chi connectivity index (χ0v) is 9.00. The van der Waals surface area contributed by atoms with Crippen LogP contribution in [0.25, 0.3) is 0 Å². The molecule has 1 amide bonds. The minimum Gasteiger partial charge on any atom is -0.479 e. The van der Waals surface area contributed by atoms with Crippen LogP contribution in [0.3, 0.4) is 0 Å². The van der Waals surface area contributed by atoms with Crippen LogP contribution >= 0.6 is 0 Å². The summed E-state index contributed by atoms with van der Waals surface area (Å²) in [5.74, 6) is -1.61. The smallest absolute Gasteiger partial charge is 0.332 e. The van der Waals surface area contributed by atoms with Gasteiger partial charge in [-0.25, -0.2) is 4.79 Å². The first-order valence-corrected chi connectivity index (χ1v) is 5.01. The third-order valence-corrected chi connectivity index (χ3v) is 2.41. The fraction of sp³-hybridized carbons (Fsp3) is 0.600. The molecule has 0 aromatic carbocycles. The van der Waals surface area contributed by atoms with Gasteiger partial charge in [0.15, 0.2) is 6.10 Å². The van der Waals surface area contributed by atoms with Crippen LogP contribution in [-0.4, -0.2) is 47.2 Å². The number of amides is 1. The summed E-state index contributed by atoms with van der Waals surface area (Å²) in [6, 6.07) is 3.55. The van der Waals surface area contributed by atoms with E-state index in [0.717, 1.165) is 4.90 Å². The zero-order valence-electron chi connectivity index (χ0n) is 9.00. The lowest BCUT2D eigenvalue weighted by molar-refractivity contribution is -0.154. The molecule has 0 aromatic rings. The number of carboxylic acids is 1. The van der Waals surface area contributed by atoms with Crippen molar-refractivity contribution in [1.82, 2.24) is 4.90 Å². The lowest BCUT2D eigenvalue weighted by Gasteiger charge is -2.19. The van der Waals surface area contributed by atoms with Gasteiger partial charge in [-0.1, -0.05) is 0 Å². The van der Waals surface area contributed by atoms with Gasteiger partial charge in [0.25, 0.3) is 5.91 Å². The Labute approximate surface area is 97.8 Å². The number of nitrogens with zero attached hydrogens (tertiary/aromatic N) is 3. The highest BCUT2D eigenvalue weighted by Crippen LogP contribution is 2.21. The normalized spacial score (nSPS) is 22.5. The van der Waals surface area contributed by atoms with Gasteiger partial charge in [-0.05, 0) is 12.8 Å². The minimum absolute atomic E-state index is 0.204. The summed E-state index contributed by atoms with van der Waals surface area (Å²) in [6.07, 6.45) is -1.28. The first kappa shape index (κ1) is 12.9. The summed E-state index contributed by atoms with van der Waals surface area (Å²) >= 11 is 0. The molecule has 0 unspecified atom stereocenters. The molecule has 1 fully saturated rings. The van der Waals surface area contributed by atoms with Gasteiger partial charge in [0, 0.05) is 0 Å². The van der Waals surface area contributed by atoms with E-state index in [2.05, 4.69) is 0 Å². The number of carbonyl (C=O) groups is 2. The van der Waals surface area contributed by atoms with Crippen molar-refractivity contribution in [2.24, 2.45) is 0 Å². The molecule has 0 spiro atoms. The van der Waals surface area contributed by atoms with E-state index in [1.807, 2.05) is 0 Å². The van der Waals surface area contributed by atoms with E-state index >= 15 is 0 Å². The summed E-state index contributed by atoms with van der Waals surface area (Å²) in [4.78, 5) is 23.5. The first-order valence-electron chi connectivity index (χ1n) is 5.01. The lowest BCUT2D eigenvalue weighted by Crippen LogP contribution is -2.40. The lowest BCUT2D eigenvalue weighted by atomic mass is 10.2. The molecule has 0 aliphatic carbocycles. The average Bonchev–Trinajstić information content (AvgIpc) is 2.77. The first-order chi connectivity index (χ1) is 8.10. The fourth-order valence-corrected chi connectivity index (χ4v) is 1.59. The third kappa shape index (κ3) is 3.16. The van der Waals surface area contributed by atoms with E-state index in [4.69, 9.17) is 20.4 Å². The number of carbonyl (C=O) groups excluding carboxylic acids is 1. The molecule has 0 saturated carbocycles. The Bertz CT molecular complexity index is 379. The molecule has 1 aliphatic rings. The summed E-state index contributed by atoms with van der Waals surface area (Å²) < 4.78 is 5.05. The molecule has 90 valence electrons. The highest BCUT2D eigenvalue weighted by atomic mass is 16.5. The van der Waals surface area contributed by atoms with Crippen LogP contribution in [0.1, 0.15) is 12.8 Å². The van der Waals surface area contributed by atoms with E-state index < -0.39 is 24.1 Å². The van der Waals surface area contributed by atoms with Crippen molar-refractivity contribution in [3.05, 3.63) is 0 Å². The Hall–Kier alpha value is -2.12. The van der Waals surface area contributed by atoms with Crippen molar-refractivity contribution in [3.8, 4) is 12.1 Å². The zero-order chi connectivity index (χ0) is 12.8. The van der Waals surface area contributed by atoms with Crippen molar-refractivity contribution >= 4 is 11.9 Å². The number of nitriles is 2. The van der Waals surface area contributed by atoms with E-state index in [-0.39, 0.29) is 19.5 Å². The van der Waals surface area contributed by atoms with Crippen LogP contribution in [0.4, 0.5) is 0 Å². The average molecular weight is 237 g/mol. The van der Waals surface area contributed by atoms with Gasteiger partial charge < -0.3 is 14.7 Å². The predicted molar refractivity (Wildman–Crippen MR) is 53.3 cm³/mol. The highest BCUT2D eigenvalue weighted by molar-refractivity contribution is 5.83. The fourth-order valence-electron chi connectivity index (χ4n) is 1.59. The maximum Gasteiger partial charge on any atom is 0.332 e. The second-order valence-corrected chi connectivity index (χ2v) is 3.54. The maximum atomic E-state index is 11.8. The van der Waals surface area contributed by atoms with Crippen LogP contribution in [0, 0.1) is 22.7 Å². The highest BCUT2D eigenvalue weighted by Gasteiger charge is 2.36. The molecule has 0 radical (unpaired) electrons. The molecule has 1 aliphatic heterocycles. The summed E-state index contributed by atoms with van der Waals surface area (Å²) in [5.41, 5.74) is 0. The number of hydrogen-bond acceptors (Lipinski definition) is 5. The maximum absolute atomic E-state index is 11.8. The molecule has 0 bridgehead atoms. The van der Waals surface area contributed by atoms with E-state index in [9.17, 15) is 9.59 Å². The van der Waals surface area contributed by atoms with Crippen LogP contribution in [0.15, 0.2) is 0 Å². The molecule has 1 N–H and O–H groups in total. The standard InChI is InChI=1S/C10H11N3O4/c11-3-5-13(6-4-12)9(14)7-1-2-8(17-7)10(15)16/h7-8H,1-2,5-6H2,(H,15,16)/t7-,8+/m0/s1. The Balaban J connectivity index is 2.61. The SMILES string of the molecule is N#CCN(CC#N)C(=O)[C@@H]1CC[C@H](C(=O)O)O1. The molecule has 1 rings (SSSR count). The van der Waals surface area contributed by atoms with Crippen molar-refractivity contribution in [2.75, 3.05) is 13.1 Å². The summed E-state index contributed by atoms with van der Waals surface area (Å²) in [7, 11) is 0. The van der Waals surface area contributed by atoms with Crippen LogP contribution in [-0.2, 0) is 14.3 Å². The molecule has 7 nitrogen and oxygen atoms in total. The number of aliphatic carboxylic acids is 1. The van der Waals surface area contributed by atoms with Gasteiger partial charge in [-0.2, -0.15) is 10.5 Å². The third-order valence-electron chi connectivity index (χ3n) is 2.41. The second-order valence-electron chi connectivity index (χ2n) is 3.54. The molecular formula is C10H11N3O4. The second kappa shape index (κ2) is 5.83. The van der Waals surface area contributed by atoms with Crippen molar-refractivity contribution in [2.45, 2.75) is 25.0 Å². The largest absolute Gasteiger partial charge is 0.479 e. The summed E-state index contributed by atoms with van der Waals surface area (Å²) in [6.45, 7) is -0.409. The Morgan fingerprint density at radius 3 is 2.18 bits per heavy atom. The molecule has 1 saturated heterocycles. The van der Waals surface area contributed by atoms with Crippen LogP contribution < -0.4 is 0 Å². The molecule has 2 atom stereocenters. The molecular weight excluding hydrogens is 226 g/mol. The number of rotatable bonds is 4. The molecule has 1 heterocycles. The van der Waals surface area contributed by atoms with Crippen molar-refractivity contribution in [1.29, 1.82) is 10.5 Å². The topological polar surface area (TPSA) is 114 Å². The van der Waals surface area contributed by atoms with Gasteiger partial charge in [0.05, 0.1) is 12.1 Å². The Kier molecular flexibility index (Phi) is 4.44. The molecule has 0 aromatic heterocycles. The number of hydrogen-bond donors (Lipinski definition) is 1. The van der Waals surface area contributed by atoms with Gasteiger partial charge in [0.2, 0.25) is 0 Å². The monoisotopic (exact) mass is 237 g/mol. The van der Waals surface area contributed by atoms with E-state index in [0.29, 0.717) is 6.42 Å². The van der Waals surface area contributed by atoms with E-state index in [1.54, 1.807) is 12.1 Å².